The number of nitro groups is 1. The predicted octanol–water partition coefficient (Wildman–Crippen LogP) is 3.90. The van der Waals surface area contributed by atoms with Crippen LogP contribution < -0.4 is 5.32 Å². The fraction of sp³-hybridized carbons (Fsp3) is 0.333. The molecule has 1 N–H and O–H groups in total. The number of non-ortho nitro benzene ring substituents is 1. The summed E-state index contributed by atoms with van der Waals surface area (Å²) in [5.41, 5.74) is 1.20. The number of furan rings is 1. The number of fused-ring (bicyclic) bond motifs is 1. The Labute approximate surface area is 144 Å². The van der Waals surface area contributed by atoms with Gasteiger partial charge in [0.25, 0.3) is 11.6 Å². The first-order chi connectivity index (χ1) is 11.7. The highest BCUT2D eigenvalue weighted by atomic mass is 16.6. The van der Waals surface area contributed by atoms with Crippen LogP contribution in [0.5, 0.6) is 0 Å². The Hall–Kier alpha value is -2.96. The van der Waals surface area contributed by atoms with E-state index < -0.39 is 10.8 Å². The van der Waals surface area contributed by atoms with E-state index in [4.69, 9.17) is 4.42 Å². The maximum atomic E-state index is 12.5. The Balaban J connectivity index is 1.86. The Morgan fingerprint density at radius 1 is 1.24 bits per heavy atom. The first kappa shape index (κ1) is 16.9. The molecule has 130 valence electrons. The summed E-state index contributed by atoms with van der Waals surface area (Å²) in [7, 11) is 0. The van der Waals surface area contributed by atoms with Gasteiger partial charge in [0.15, 0.2) is 11.5 Å². The standard InChI is InChI=1S/C18H18N2O5/c1-10-15-13(21)8-18(2,3)9-14(15)25-16(10)17(22)19-11-4-6-12(7-5-11)20(23)24/h4-7H,8-9H2,1-3H3,(H,19,22). The number of ketones is 1. The smallest absolute Gasteiger partial charge is 0.291 e. The molecule has 1 aromatic carbocycles. The second-order valence-corrected chi connectivity index (χ2v) is 7.05. The summed E-state index contributed by atoms with van der Waals surface area (Å²) in [5.74, 6) is 0.162. The largest absolute Gasteiger partial charge is 0.455 e. The van der Waals surface area contributed by atoms with E-state index in [9.17, 15) is 19.7 Å². The zero-order valence-corrected chi connectivity index (χ0v) is 14.2. The van der Waals surface area contributed by atoms with Crippen LogP contribution in [-0.4, -0.2) is 16.6 Å². The van der Waals surface area contributed by atoms with Gasteiger partial charge in [0.2, 0.25) is 0 Å². The van der Waals surface area contributed by atoms with Crippen molar-refractivity contribution < 1.29 is 18.9 Å². The topological polar surface area (TPSA) is 102 Å². The molecule has 0 spiro atoms. The number of nitro benzene ring substituents is 1. The van der Waals surface area contributed by atoms with Crippen LogP contribution in [0.25, 0.3) is 0 Å². The SMILES string of the molecule is Cc1c(C(=O)Nc2ccc([N+](=O)[O-])cc2)oc2c1C(=O)CC(C)(C)C2. The molecule has 0 saturated carbocycles. The van der Waals surface area contributed by atoms with Gasteiger partial charge in [0.05, 0.1) is 10.5 Å². The lowest BCUT2D eigenvalue weighted by Crippen LogP contribution is -2.26. The van der Waals surface area contributed by atoms with Crippen molar-refractivity contribution in [3.8, 4) is 0 Å². The number of anilines is 1. The van der Waals surface area contributed by atoms with Crippen molar-refractivity contribution >= 4 is 23.1 Å². The highest BCUT2D eigenvalue weighted by Crippen LogP contribution is 2.38. The molecule has 0 aliphatic heterocycles. The molecule has 0 atom stereocenters. The van der Waals surface area contributed by atoms with E-state index in [0.29, 0.717) is 35.4 Å². The molecule has 1 amide bonds. The van der Waals surface area contributed by atoms with Crippen LogP contribution in [0, 0.1) is 22.5 Å². The average Bonchev–Trinajstić information content (AvgIpc) is 2.83. The maximum Gasteiger partial charge on any atom is 0.291 e. The van der Waals surface area contributed by atoms with Crippen molar-refractivity contribution in [2.75, 3.05) is 5.32 Å². The summed E-state index contributed by atoms with van der Waals surface area (Å²) in [6, 6.07) is 5.51. The molecule has 1 aromatic heterocycles. The van der Waals surface area contributed by atoms with Gasteiger partial charge >= 0.3 is 0 Å². The molecule has 2 aromatic rings. The average molecular weight is 342 g/mol. The molecule has 1 aliphatic rings. The van der Waals surface area contributed by atoms with Gasteiger partial charge in [0, 0.05) is 36.2 Å². The molecule has 0 bridgehead atoms. The normalized spacial score (nSPS) is 15.6. The third-order valence-electron chi connectivity index (χ3n) is 4.32. The number of rotatable bonds is 3. The number of benzene rings is 1. The zero-order valence-electron chi connectivity index (χ0n) is 14.2. The lowest BCUT2D eigenvalue weighted by Gasteiger charge is -2.27. The number of amides is 1. The first-order valence-electron chi connectivity index (χ1n) is 7.89. The van der Waals surface area contributed by atoms with E-state index >= 15 is 0 Å². The second kappa shape index (κ2) is 5.84. The molecule has 0 radical (unpaired) electrons. The minimum atomic E-state index is -0.510. The van der Waals surface area contributed by atoms with Gasteiger partial charge < -0.3 is 9.73 Å². The minimum Gasteiger partial charge on any atom is -0.455 e. The maximum absolute atomic E-state index is 12.5. The summed E-state index contributed by atoms with van der Waals surface area (Å²) in [5, 5.41) is 13.3. The molecule has 25 heavy (non-hydrogen) atoms. The summed E-state index contributed by atoms with van der Waals surface area (Å²) in [6.07, 6.45) is 1.02. The Morgan fingerprint density at radius 2 is 1.88 bits per heavy atom. The van der Waals surface area contributed by atoms with Gasteiger partial charge in [-0.2, -0.15) is 0 Å². The van der Waals surface area contributed by atoms with Crippen molar-refractivity contribution in [1.29, 1.82) is 0 Å². The number of nitrogens with zero attached hydrogens (tertiary/aromatic N) is 1. The van der Waals surface area contributed by atoms with Gasteiger partial charge in [-0.25, -0.2) is 0 Å². The monoisotopic (exact) mass is 342 g/mol. The lowest BCUT2D eigenvalue weighted by molar-refractivity contribution is -0.384. The van der Waals surface area contributed by atoms with Gasteiger partial charge in [0.1, 0.15) is 5.76 Å². The van der Waals surface area contributed by atoms with E-state index in [1.807, 2.05) is 13.8 Å². The van der Waals surface area contributed by atoms with Crippen molar-refractivity contribution in [1.82, 2.24) is 0 Å². The zero-order chi connectivity index (χ0) is 18.4. The molecule has 0 unspecified atom stereocenters. The molecule has 1 heterocycles. The van der Waals surface area contributed by atoms with Crippen LogP contribution >= 0.6 is 0 Å². The summed E-state index contributed by atoms with van der Waals surface area (Å²) < 4.78 is 5.70. The third-order valence-corrected chi connectivity index (χ3v) is 4.32. The molecule has 0 fully saturated rings. The van der Waals surface area contributed by atoms with E-state index in [0.717, 1.165) is 0 Å². The number of carbonyl (C=O) groups excluding carboxylic acids is 2. The molecule has 7 heteroatoms. The molecule has 0 saturated heterocycles. The van der Waals surface area contributed by atoms with Gasteiger partial charge in [-0.1, -0.05) is 13.8 Å². The molecule has 3 rings (SSSR count). The Morgan fingerprint density at radius 3 is 2.48 bits per heavy atom. The van der Waals surface area contributed by atoms with E-state index in [1.165, 1.54) is 24.3 Å². The Kier molecular flexibility index (Phi) is 3.94. The minimum absolute atomic E-state index is 0.0121. The number of nitrogens with one attached hydrogen (secondary N) is 1. The number of carbonyl (C=O) groups is 2. The van der Waals surface area contributed by atoms with E-state index in [2.05, 4.69) is 5.32 Å². The molecular formula is C18H18N2O5. The number of hydrogen-bond donors (Lipinski definition) is 1. The van der Waals surface area contributed by atoms with Crippen molar-refractivity contribution in [3.63, 3.8) is 0 Å². The first-order valence-corrected chi connectivity index (χ1v) is 7.89. The van der Waals surface area contributed by atoms with E-state index in [1.54, 1.807) is 6.92 Å². The van der Waals surface area contributed by atoms with Crippen molar-refractivity contribution in [3.05, 3.63) is 57.0 Å². The summed E-state index contributed by atoms with van der Waals surface area (Å²) in [4.78, 5) is 35.0. The van der Waals surface area contributed by atoms with Crippen LogP contribution in [0.4, 0.5) is 11.4 Å². The Bertz CT molecular complexity index is 878. The van der Waals surface area contributed by atoms with Crippen LogP contribution in [0.15, 0.2) is 28.7 Å². The highest BCUT2D eigenvalue weighted by molar-refractivity contribution is 6.07. The molecular weight excluding hydrogens is 324 g/mol. The second-order valence-electron chi connectivity index (χ2n) is 7.05. The third kappa shape index (κ3) is 3.17. The number of hydrogen-bond acceptors (Lipinski definition) is 5. The fourth-order valence-electron chi connectivity index (χ4n) is 3.15. The van der Waals surface area contributed by atoms with E-state index in [-0.39, 0.29) is 22.6 Å². The van der Waals surface area contributed by atoms with Crippen molar-refractivity contribution in [2.24, 2.45) is 5.41 Å². The summed E-state index contributed by atoms with van der Waals surface area (Å²) >= 11 is 0. The van der Waals surface area contributed by atoms with Crippen molar-refractivity contribution in [2.45, 2.75) is 33.6 Å². The predicted molar refractivity (Wildman–Crippen MR) is 90.9 cm³/mol. The van der Waals surface area contributed by atoms with Gasteiger partial charge in [-0.3, -0.25) is 19.7 Å². The molecule has 1 aliphatic carbocycles. The summed E-state index contributed by atoms with van der Waals surface area (Å²) in [6.45, 7) is 5.67. The molecule has 7 nitrogen and oxygen atoms in total. The van der Waals surface area contributed by atoms with Crippen LogP contribution in [0.1, 0.15) is 52.5 Å². The van der Waals surface area contributed by atoms with Gasteiger partial charge in [-0.15, -0.1) is 0 Å². The fourth-order valence-corrected chi connectivity index (χ4v) is 3.15. The number of Topliss-reactive ketones (excluding diaryl/α,β-unsaturated/α-hetero) is 1. The quantitative estimate of drug-likeness (QED) is 0.673. The van der Waals surface area contributed by atoms with Crippen LogP contribution in [0.3, 0.4) is 0 Å². The van der Waals surface area contributed by atoms with Crippen LogP contribution in [-0.2, 0) is 6.42 Å². The highest BCUT2D eigenvalue weighted by Gasteiger charge is 2.37. The van der Waals surface area contributed by atoms with Crippen LogP contribution in [0.2, 0.25) is 0 Å². The van der Waals surface area contributed by atoms with Gasteiger partial charge in [-0.05, 0) is 24.5 Å². The lowest BCUT2D eigenvalue weighted by atomic mass is 9.76.